The van der Waals surface area contributed by atoms with Gasteiger partial charge in [0.15, 0.2) is 0 Å². The first-order chi connectivity index (χ1) is 12.0. The van der Waals surface area contributed by atoms with Gasteiger partial charge in [-0.3, -0.25) is 14.2 Å². The first-order valence-electron chi connectivity index (χ1n) is 7.66. The van der Waals surface area contributed by atoms with Crippen LogP contribution in [0, 0.1) is 0 Å². The Morgan fingerprint density at radius 2 is 2.16 bits per heavy atom. The number of nitrogens with zero attached hydrogens (tertiary/aromatic N) is 1. The van der Waals surface area contributed by atoms with Crippen LogP contribution in [0.3, 0.4) is 0 Å². The minimum absolute atomic E-state index is 0.104. The minimum Gasteiger partial charge on any atom is -0.376 e. The fraction of sp³-hybridized carbons (Fsp3) is 0.312. The van der Waals surface area contributed by atoms with Crippen LogP contribution in [0.2, 0.25) is 10.0 Å². The highest BCUT2D eigenvalue weighted by Gasteiger charge is 2.21. The van der Waals surface area contributed by atoms with E-state index in [0.29, 0.717) is 11.6 Å². The molecule has 2 heterocycles. The Labute approximate surface area is 152 Å². The maximum absolute atomic E-state index is 12.5. The Bertz CT molecular complexity index is 916. The SMILES string of the molecule is O=C(Nc1cc(Cl)ccc1Cl)c1c[nH]c(=O)n(CC2CCCO2)c1=O. The van der Waals surface area contributed by atoms with Crippen LogP contribution in [0.5, 0.6) is 0 Å². The Hall–Kier alpha value is -2.09. The lowest BCUT2D eigenvalue weighted by molar-refractivity contribution is 0.0941. The Morgan fingerprint density at radius 3 is 2.88 bits per heavy atom. The molecule has 1 aromatic carbocycles. The van der Waals surface area contributed by atoms with Gasteiger partial charge in [-0.1, -0.05) is 23.2 Å². The third-order valence-electron chi connectivity index (χ3n) is 3.89. The summed E-state index contributed by atoms with van der Waals surface area (Å²) in [7, 11) is 0. The number of hydrogen-bond acceptors (Lipinski definition) is 4. The van der Waals surface area contributed by atoms with Crippen LogP contribution in [0.1, 0.15) is 23.2 Å². The maximum atomic E-state index is 12.5. The number of benzene rings is 1. The van der Waals surface area contributed by atoms with Crippen LogP contribution in [-0.4, -0.2) is 28.2 Å². The number of aromatic nitrogens is 2. The number of nitrogens with one attached hydrogen (secondary N) is 2. The Morgan fingerprint density at radius 1 is 1.36 bits per heavy atom. The van der Waals surface area contributed by atoms with Gasteiger partial charge >= 0.3 is 5.69 Å². The van der Waals surface area contributed by atoms with E-state index in [1.54, 1.807) is 6.07 Å². The van der Waals surface area contributed by atoms with Gasteiger partial charge < -0.3 is 15.0 Å². The fourth-order valence-electron chi connectivity index (χ4n) is 2.61. The van der Waals surface area contributed by atoms with E-state index in [4.69, 9.17) is 27.9 Å². The zero-order valence-electron chi connectivity index (χ0n) is 13.1. The van der Waals surface area contributed by atoms with Gasteiger partial charge in [0.05, 0.1) is 23.4 Å². The molecule has 1 aliphatic heterocycles. The van der Waals surface area contributed by atoms with Crippen molar-refractivity contribution in [1.82, 2.24) is 9.55 Å². The zero-order valence-corrected chi connectivity index (χ0v) is 14.6. The van der Waals surface area contributed by atoms with Crippen molar-refractivity contribution in [2.45, 2.75) is 25.5 Å². The van der Waals surface area contributed by atoms with E-state index in [9.17, 15) is 14.4 Å². The fourth-order valence-corrected chi connectivity index (χ4v) is 2.95. The molecule has 0 radical (unpaired) electrons. The highest BCUT2D eigenvalue weighted by molar-refractivity contribution is 6.35. The van der Waals surface area contributed by atoms with Crippen LogP contribution in [0.25, 0.3) is 0 Å². The van der Waals surface area contributed by atoms with E-state index < -0.39 is 17.2 Å². The molecule has 1 aromatic heterocycles. The van der Waals surface area contributed by atoms with E-state index in [1.165, 1.54) is 12.1 Å². The van der Waals surface area contributed by atoms with Crippen molar-refractivity contribution in [2.24, 2.45) is 0 Å². The number of carbonyl (C=O) groups is 1. The van der Waals surface area contributed by atoms with Crippen molar-refractivity contribution >= 4 is 34.8 Å². The summed E-state index contributed by atoms with van der Waals surface area (Å²) in [5, 5.41) is 3.19. The maximum Gasteiger partial charge on any atom is 0.328 e. The van der Waals surface area contributed by atoms with Crippen molar-refractivity contribution in [3.63, 3.8) is 0 Å². The van der Waals surface area contributed by atoms with Gasteiger partial charge in [-0.25, -0.2) is 4.79 Å². The molecular formula is C16H15Cl2N3O4. The quantitative estimate of drug-likeness (QED) is 0.846. The van der Waals surface area contributed by atoms with E-state index >= 15 is 0 Å². The van der Waals surface area contributed by atoms with Gasteiger partial charge in [0.1, 0.15) is 5.56 Å². The summed E-state index contributed by atoms with van der Waals surface area (Å²) in [6.45, 7) is 0.706. The number of halogens is 2. The first-order valence-corrected chi connectivity index (χ1v) is 8.42. The number of hydrogen-bond donors (Lipinski definition) is 2. The summed E-state index contributed by atoms with van der Waals surface area (Å²) in [5.74, 6) is -0.688. The van der Waals surface area contributed by atoms with Gasteiger partial charge in [0, 0.05) is 17.8 Å². The summed E-state index contributed by atoms with van der Waals surface area (Å²) in [6.07, 6.45) is 2.52. The molecule has 1 unspecified atom stereocenters. The van der Waals surface area contributed by atoms with Gasteiger partial charge in [0.2, 0.25) is 0 Å². The Balaban J connectivity index is 1.89. The van der Waals surface area contributed by atoms with Gasteiger partial charge in [-0.2, -0.15) is 0 Å². The molecule has 0 spiro atoms. The lowest BCUT2D eigenvalue weighted by Gasteiger charge is -2.12. The highest BCUT2D eigenvalue weighted by atomic mass is 35.5. The zero-order chi connectivity index (χ0) is 18.0. The van der Waals surface area contributed by atoms with Crippen LogP contribution in [0.4, 0.5) is 5.69 Å². The lowest BCUT2D eigenvalue weighted by Crippen LogP contribution is -2.41. The van der Waals surface area contributed by atoms with Gasteiger partial charge in [0.25, 0.3) is 11.5 Å². The predicted octanol–water partition coefficient (Wildman–Crippen LogP) is 2.27. The lowest BCUT2D eigenvalue weighted by atomic mass is 10.2. The third-order valence-corrected chi connectivity index (χ3v) is 4.46. The summed E-state index contributed by atoms with van der Waals surface area (Å²) >= 11 is 11.9. The summed E-state index contributed by atoms with van der Waals surface area (Å²) in [6, 6.07) is 4.58. The second-order valence-corrected chi connectivity index (χ2v) is 6.48. The molecule has 1 saturated heterocycles. The highest BCUT2D eigenvalue weighted by Crippen LogP contribution is 2.25. The summed E-state index contributed by atoms with van der Waals surface area (Å²) < 4.78 is 6.42. The number of H-pyrrole nitrogens is 1. The minimum atomic E-state index is -0.688. The molecule has 132 valence electrons. The van der Waals surface area contributed by atoms with Crippen LogP contribution in [-0.2, 0) is 11.3 Å². The number of aromatic amines is 1. The molecule has 25 heavy (non-hydrogen) atoms. The normalized spacial score (nSPS) is 16.8. The topological polar surface area (TPSA) is 93.2 Å². The predicted molar refractivity (Wildman–Crippen MR) is 94.7 cm³/mol. The van der Waals surface area contributed by atoms with Crippen LogP contribution in [0.15, 0.2) is 34.0 Å². The van der Waals surface area contributed by atoms with Crippen molar-refractivity contribution in [3.05, 3.63) is 60.8 Å². The molecule has 1 amide bonds. The molecule has 1 atom stereocenters. The van der Waals surface area contributed by atoms with Crippen molar-refractivity contribution in [2.75, 3.05) is 11.9 Å². The number of rotatable bonds is 4. The monoisotopic (exact) mass is 383 g/mol. The molecule has 2 aromatic rings. The molecule has 0 aliphatic carbocycles. The Kier molecular flexibility index (Phi) is 5.27. The number of amides is 1. The van der Waals surface area contributed by atoms with Crippen LogP contribution >= 0.6 is 23.2 Å². The molecule has 1 aliphatic rings. The average molecular weight is 384 g/mol. The van der Waals surface area contributed by atoms with E-state index in [0.717, 1.165) is 23.6 Å². The summed E-state index contributed by atoms with van der Waals surface area (Å²) in [4.78, 5) is 39.3. The van der Waals surface area contributed by atoms with Crippen molar-refractivity contribution in [3.8, 4) is 0 Å². The molecule has 9 heteroatoms. The number of carbonyl (C=O) groups excluding carboxylic acids is 1. The van der Waals surface area contributed by atoms with E-state index in [-0.39, 0.29) is 28.9 Å². The molecule has 1 fully saturated rings. The van der Waals surface area contributed by atoms with Crippen molar-refractivity contribution < 1.29 is 9.53 Å². The number of ether oxygens (including phenoxy) is 1. The van der Waals surface area contributed by atoms with Gasteiger partial charge in [-0.15, -0.1) is 0 Å². The second-order valence-electron chi connectivity index (χ2n) is 5.64. The molecular weight excluding hydrogens is 369 g/mol. The number of anilines is 1. The second kappa shape index (κ2) is 7.43. The summed E-state index contributed by atoms with van der Waals surface area (Å²) in [5.41, 5.74) is -1.20. The van der Waals surface area contributed by atoms with E-state index in [2.05, 4.69) is 10.3 Å². The third kappa shape index (κ3) is 3.95. The molecule has 0 saturated carbocycles. The van der Waals surface area contributed by atoms with Gasteiger partial charge in [-0.05, 0) is 31.0 Å². The van der Waals surface area contributed by atoms with Crippen LogP contribution < -0.4 is 16.6 Å². The first kappa shape index (κ1) is 17.7. The van der Waals surface area contributed by atoms with Crippen molar-refractivity contribution in [1.29, 1.82) is 0 Å². The average Bonchev–Trinajstić information content (AvgIpc) is 3.08. The molecule has 2 N–H and O–H groups in total. The largest absolute Gasteiger partial charge is 0.376 e. The smallest absolute Gasteiger partial charge is 0.328 e. The van der Waals surface area contributed by atoms with E-state index in [1.807, 2.05) is 0 Å². The molecule has 7 nitrogen and oxygen atoms in total. The standard InChI is InChI=1S/C16H15Cl2N3O4/c17-9-3-4-12(18)13(6-9)20-14(22)11-7-19-16(24)21(15(11)23)8-10-2-1-5-25-10/h3-4,6-7,10H,1-2,5,8H2,(H,19,24)(H,20,22). The molecule has 0 bridgehead atoms. The molecule has 3 rings (SSSR count).